The lowest BCUT2D eigenvalue weighted by Gasteiger charge is -2.34. The Morgan fingerprint density at radius 2 is 1.61 bits per heavy atom. The van der Waals surface area contributed by atoms with Gasteiger partial charge < -0.3 is 15.0 Å². The Morgan fingerprint density at radius 3 is 2.22 bits per heavy atom. The Morgan fingerprint density at radius 1 is 0.927 bits per heavy atom. The summed E-state index contributed by atoms with van der Waals surface area (Å²) < 4.78 is 32.5. The van der Waals surface area contributed by atoms with Gasteiger partial charge in [-0.15, -0.1) is 0 Å². The van der Waals surface area contributed by atoms with Crippen LogP contribution in [0.4, 0.5) is 5.69 Å². The van der Waals surface area contributed by atoms with Gasteiger partial charge in [0.1, 0.15) is 18.3 Å². The van der Waals surface area contributed by atoms with Crippen LogP contribution in [0, 0.1) is 19.8 Å². The van der Waals surface area contributed by atoms with E-state index in [1.54, 1.807) is 19.2 Å². The summed E-state index contributed by atoms with van der Waals surface area (Å²) in [5.74, 6) is 0.0472. The van der Waals surface area contributed by atoms with Crippen LogP contribution in [0.25, 0.3) is 0 Å². The molecule has 9 heteroatoms. The Hall–Kier alpha value is -3.85. The predicted octanol–water partition coefficient (Wildman–Crippen LogP) is 4.49. The molecule has 0 spiro atoms. The third-order valence-corrected chi connectivity index (χ3v) is 7.87. The van der Waals surface area contributed by atoms with Gasteiger partial charge in [0.25, 0.3) is 0 Å². The molecular formula is C32H41N3O5S. The van der Waals surface area contributed by atoms with Gasteiger partial charge in [0.2, 0.25) is 21.8 Å². The second-order valence-electron chi connectivity index (χ2n) is 10.8. The smallest absolute Gasteiger partial charge is 0.244 e. The summed E-state index contributed by atoms with van der Waals surface area (Å²) in [6.07, 6.45) is 1.35. The van der Waals surface area contributed by atoms with Crippen LogP contribution >= 0.6 is 0 Å². The second kappa shape index (κ2) is 14.2. The largest absolute Gasteiger partial charge is 0.497 e. The van der Waals surface area contributed by atoms with Crippen LogP contribution in [0.15, 0.2) is 72.8 Å². The summed E-state index contributed by atoms with van der Waals surface area (Å²) in [7, 11) is -2.26. The average molecular weight is 580 g/mol. The molecule has 3 rings (SSSR count). The summed E-state index contributed by atoms with van der Waals surface area (Å²) in [4.78, 5) is 29.4. The number of benzene rings is 3. The number of carbonyl (C=O) groups excluding carboxylic acids is 2. The van der Waals surface area contributed by atoms with Gasteiger partial charge in [0, 0.05) is 19.5 Å². The Balaban J connectivity index is 2.08. The third kappa shape index (κ3) is 9.08. The fraction of sp³-hybridized carbons (Fsp3) is 0.375. The molecule has 1 unspecified atom stereocenters. The molecule has 2 amide bonds. The molecule has 41 heavy (non-hydrogen) atoms. The maximum absolute atomic E-state index is 14.2. The van der Waals surface area contributed by atoms with Crippen molar-refractivity contribution < 1.29 is 22.7 Å². The summed E-state index contributed by atoms with van der Waals surface area (Å²) in [6, 6.07) is 21.3. The first kappa shape index (κ1) is 31.7. The number of carbonyl (C=O) groups is 2. The van der Waals surface area contributed by atoms with E-state index in [1.165, 1.54) is 4.90 Å². The lowest BCUT2D eigenvalue weighted by molar-refractivity contribution is -0.140. The molecule has 1 atom stereocenters. The zero-order chi connectivity index (χ0) is 30.2. The molecule has 0 aliphatic heterocycles. The van der Waals surface area contributed by atoms with Crippen LogP contribution in [0.2, 0.25) is 0 Å². The number of ether oxygens (including phenoxy) is 1. The highest BCUT2D eigenvalue weighted by Crippen LogP contribution is 2.25. The molecular weight excluding hydrogens is 538 g/mol. The van der Waals surface area contributed by atoms with Crippen molar-refractivity contribution in [2.24, 2.45) is 5.92 Å². The topological polar surface area (TPSA) is 96.0 Å². The lowest BCUT2D eigenvalue weighted by atomic mass is 10.0. The number of methoxy groups -OCH3 is 1. The van der Waals surface area contributed by atoms with Crippen LogP contribution in [0.3, 0.4) is 0 Å². The highest BCUT2D eigenvalue weighted by atomic mass is 32.2. The van der Waals surface area contributed by atoms with E-state index >= 15 is 0 Å². The molecule has 1 N–H and O–H groups in total. The maximum Gasteiger partial charge on any atom is 0.244 e. The average Bonchev–Trinajstić information content (AvgIpc) is 2.92. The summed E-state index contributed by atoms with van der Waals surface area (Å²) in [5.41, 5.74) is 3.78. The monoisotopic (exact) mass is 579 g/mol. The first-order valence-corrected chi connectivity index (χ1v) is 15.5. The first-order chi connectivity index (χ1) is 19.4. The second-order valence-corrected chi connectivity index (χ2v) is 12.7. The van der Waals surface area contributed by atoms with Gasteiger partial charge in [-0.1, -0.05) is 74.0 Å². The van der Waals surface area contributed by atoms with Crippen molar-refractivity contribution in [3.05, 3.63) is 95.1 Å². The van der Waals surface area contributed by atoms with Crippen LogP contribution in [0.1, 0.15) is 36.1 Å². The van der Waals surface area contributed by atoms with Gasteiger partial charge in [0.05, 0.1) is 19.1 Å². The number of nitrogens with zero attached hydrogens (tertiary/aromatic N) is 2. The van der Waals surface area contributed by atoms with Crippen molar-refractivity contribution in [1.29, 1.82) is 0 Å². The normalized spacial score (nSPS) is 12.1. The van der Waals surface area contributed by atoms with E-state index in [9.17, 15) is 18.0 Å². The molecule has 0 aliphatic carbocycles. The fourth-order valence-corrected chi connectivity index (χ4v) is 5.53. The highest BCUT2D eigenvalue weighted by molar-refractivity contribution is 7.92. The van der Waals surface area contributed by atoms with Crippen LogP contribution in [-0.2, 0) is 32.6 Å². The standard InChI is InChI=1S/C32H41N3O5S/c1-23(2)20-33-32(37)30(19-26-11-8-7-9-12-26)34(21-27-13-10-14-28(18-27)40-5)31(36)22-35(41(6,38)39)29-16-15-24(3)17-25(29)4/h7-18,23,30H,19-22H2,1-6H3,(H,33,37). The molecule has 0 saturated carbocycles. The van der Waals surface area contributed by atoms with Gasteiger partial charge >= 0.3 is 0 Å². The fourth-order valence-electron chi connectivity index (χ4n) is 4.62. The Kier molecular flexibility index (Phi) is 10.9. The number of aryl methyl sites for hydroxylation is 2. The number of sulfonamides is 1. The number of rotatable bonds is 13. The minimum Gasteiger partial charge on any atom is -0.497 e. The van der Waals surface area contributed by atoms with E-state index in [-0.39, 0.29) is 24.8 Å². The van der Waals surface area contributed by atoms with Gasteiger partial charge in [-0.2, -0.15) is 0 Å². The number of amides is 2. The third-order valence-electron chi connectivity index (χ3n) is 6.74. The number of hydrogen-bond acceptors (Lipinski definition) is 5. The van der Waals surface area contributed by atoms with Gasteiger partial charge in [0.15, 0.2) is 0 Å². The molecule has 0 radical (unpaired) electrons. The Labute approximate surface area is 244 Å². The van der Waals surface area contributed by atoms with Gasteiger partial charge in [-0.25, -0.2) is 8.42 Å². The number of anilines is 1. The molecule has 0 saturated heterocycles. The van der Waals surface area contributed by atoms with E-state index in [2.05, 4.69) is 5.32 Å². The SMILES string of the molecule is COc1cccc(CN(C(=O)CN(c2ccc(C)cc2C)S(C)(=O)=O)C(Cc2ccccc2)C(=O)NCC(C)C)c1. The predicted molar refractivity (Wildman–Crippen MR) is 163 cm³/mol. The van der Waals surface area contributed by atoms with E-state index in [1.807, 2.05) is 88.4 Å². The van der Waals surface area contributed by atoms with E-state index in [0.717, 1.165) is 32.8 Å². The molecule has 220 valence electrons. The van der Waals surface area contributed by atoms with Crippen LogP contribution < -0.4 is 14.4 Å². The minimum atomic E-state index is -3.83. The number of nitrogens with one attached hydrogen (secondary N) is 1. The van der Waals surface area contributed by atoms with Crippen LogP contribution in [0.5, 0.6) is 5.75 Å². The van der Waals surface area contributed by atoms with Gasteiger partial charge in [-0.05, 0) is 54.7 Å². The van der Waals surface area contributed by atoms with Crippen molar-refractivity contribution >= 4 is 27.5 Å². The number of hydrogen-bond donors (Lipinski definition) is 1. The van der Waals surface area contributed by atoms with Crippen molar-refractivity contribution in [1.82, 2.24) is 10.2 Å². The first-order valence-electron chi connectivity index (χ1n) is 13.7. The summed E-state index contributed by atoms with van der Waals surface area (Å²) >= 11 is 0. The maximum atomic E-state index is 14.2. The van der Waals surface area contributed by atoms with Crippen molar-refractivity contribution in [2.45, 2.75) is 46.7 Å². The molecule has 0 heterocycles. The van der Waals surface area contributed by atoms with Crippen LogP contribution in [-0.4, -0.2) is 57.6 Å². The minimum absolute atomic E-state index is 0.0904. The highest BCUT2D eigenvalue weighted by Gasteiger charge is 2.33. The van der Waals surface area contributed by atoms with Gasteiger partial charge in [-0.3, -0.25) is 13.9 Å². The van der Waals surface area contributed by atoms with E-state index < -0.39 is 28.5 Å². The zero-order valence-electron chi connectivity index (χ0n) is 24.8. The summed E-state index contributed by atoms with van der Waals surface area (Å²) in [6.45, 7) is 7.83. The molecule has 0 bridgehead atoms. The molecule has 3 aromatic rings. The Bertz CT molecular complexity index is 1440. The van der Waals surface area contributed by atoms with Crippen molar-refractivity contribution in [2.75, 3.05) is 30.8 Å². The van der Waals surface area contributed by atoms with Crippen molar-refractivity contribution in [3.63, 3.8) is 0 Å². The molecule has 8 nitrogen and oxygen atoms in total. The quantitative estimate of drug-likeness (QED) is 0.322. The molecule has 3 aromatic carbocycles. The molecule has 0 fully saturated rings. The molecule has 0 aromatic heterocycles. The lowest BCUT2D eigenvalue weighted by Crippen LogP contribution is -2.53. The zero-order valence-corrected chi connectivity index (χ0v) is 25.6. The summed E-state index contributed by atoms with van der Waals surface area (Å²) in [5, 5.41) is 2.99. The molecule has 0 aliphatic rings. The van der Waals surface area contributed by atoms with E-state index in [4.69, 9.17) is 4.74 Å². The van der Waals surface area contributed by atoms with Crippen molar-refractivity contribution in [3.8, 4) is 5.75 Å². The van der Waals surface area contributed by atoms with E-state index in [0.29, 0.717) is 18.0 Å².